The van der Waals surface area contributed by atoms with E-state index in [4.69, 9.17) is 4.74 Å². The third-order valence-electron chi connectivity index (χ3n) is 6.11. The van der Waals surface area contributed by atoms with Gasteiger partial charge in [0.25, 0.3) is 5.91 Å². The third kappa shape index (κ3) is 5.61. The summed E-state index contributed by atoms with van der Waals surface area (Å²) in [4.78, 5) is 26.9. The topological polar surface area (TPSA) is 105 Å². The van der Waals surface area contributed by atoms with Gasteiger partial charge in [0.05, 0.1) is 17.6 Å². The molecule has 0 saturated heterocycles. The number of carbonyl (C=O) groups excluding carboxylic acids is 2. The molecule has 35 heavy (non-hydrogen) atoms. The molecule has 0 atom stereocenters. The van der Waals surface area contributed by atoms with E-state index in [1.54, 1.807) is 7.05 Å². The highest BCUT2D eigenvalue weighted by Gasteiger charge is 2.42. The van der Waals surface area contributed by atoms with Gasteiger partial charge in [0.1, 0.15) is 5.00 Å². The fraction of sp³-hybridized carbons (Fsp3) is 0.520. The van der Waals surface area contributed by atoms with Gasteiger partial charge >= 0.3 is 5.97 Å². The zero-order valence-corrected chi connectivity index (χ0v) is 23.1. The van der Waals surface area contributed by atoms with Crippen LogP contribution in [-0.2, 0) is 26.7 Å². The number of hydrogen-bond donors (Lipinski definition) is 2. The Morgan fingerprint density at radius 1 is 1.17 bits per heavy atom. The molecule has 1 aromatic carbocycles. The van der Waals surface area contributed by atoms with Crippen LogP contribution in [0.4, 0.5) is 5.00 Å². The molecule has 0 saturated carbocycles. The number of nitrogens with one attached hydrogen (secondary N) is 2. The van der Waals surface area contributed by atoms with Crippen molar-refractivity contribution < 1.29 is 22.7 Å². The van der Waals surface area contributed by atoms with Gasteiger partial charge < -0.3 is 15.4 Å². The van der Waals surface area contributed by atoms with E-state index in [0.717, 1.165) is 23.3 Å². The first-order chi connectivity index (χ1) is 16.2. The number of esters is 1. The molecule has 0 spiro atoms. The number of benzene rings is 1. The van der Waals surface area contributed by atoms with Gasteiger partial charge in [-0.3, -0.25) is 4.79 Å². The van der Waals surface area contributed by atoms with Crippen molar-refractivity contribution in [2.45, 2.75) is 69.9 Å². The van der Waals surface area contributed by atoms with Gasteiger partial charge in [0, 0.05) is 35.1 Å². The number of hydrogen-bond acceptors (Lipinski definition) is 7. The van der Waals surface area contributed by atoms with Crippen LogP contribution in [0, 0.1) is 0 Å². The number of ether oxygens (including phenoxy) is 1. The molecule has 1 aliphatic heterocycles. The Labute approximate surface area is 212 Å². The predicted octanol–water partition coefficient (Wildman–Crippen LogP) is 4.37. The molecule has 8 nitrogen and oxygen atoms in total. The van der Waals surface area contributed by atoms with Crippen LogP contribution in [0.5, 0.6) is 0 Å². The minimum Gasteiger partial charge on any atom is -0.465 e. The Morgan fingerprint density at radius 3 is 2.37 bits per heavy atom. The van der Waals surface area contributed by atoms with Crippen LogP contribution in [-0.4, -0.2) is 50.8 Å². The molecule has 1 aliphatic rings. The summed E-state index contributed by atoms with van der Waals surface area (Å²) in [6, 6.07) is 5.83. The minimum atomic E-state index is -3.62. The lowest BCUT2D eigenvalue weighted by Crippen LogP contribution is -2.55. The lowest BCUT2D eigenvalue weighted by atomic mass is 9.81. The van der Waals surface area contributed by atoms with E-state index < -0.39 is 27.4 Å². The minimum absolute atomic E-state index is 0.129. The summed E-state index contributed by atoms with van der Waals surface area (Å²) in [6.45, 7) is 10.7. The number of unbranched alkanes of at least 4 members (excludes halogenated alkanes) is 1. The van der Waals surface area contributed by atoms with E-state index in [1.165, 1.54) is 47.0 Å². The summed E-state index contributed by atoms with van der Waals surface area (Å²) in [5, 5.41) is 6.89. The van der Waals surface area contributed by atoms with Crippen molar-refractivity contribution in [3.63, 3.8) is 0 Å². The number of anilines is 1. The van der Waals surface area contributed by atoms with Crippen LogP contribution >= 0.6 is 11.3 Å². The monoisotopic (exact) mass is 521 g/mol. The number of fused-ring (bicyclic) bond motifs is 1. The zero-order chi connectivity index (χ0) is 26.2. The van der Waals surface area contributed by atoms with Gasteiger partial charge in [-0.25, -0.2) is 17.5 Å². The molecular weight excluding hydrogens is 486 g/mol. The first-order valence-corrected chi connectivity index (χ1v) is 13.9. The SMILES string of the molecule is CCCCN(C)S(=O)(=O)c1ccc(C(=O)Nc2sc3c(c2C(=O)OC)CC(C)(C)NC3(C)C)cc1. The summed E-state index contributed by atoms with van der Waals surface area (Å²) < 4.78 is 31.9. The fourth-order valence-corrected chi connectivity index (χ4v) is 7.04. The summed E-state index contributed by atoms with van der Waals surface area (Å²) >= 11 is 1.36. The summed E-state index contributed by atoms with van der Waals surface area (Å²) in [7, 11) is -0.747. The van der Waals surface area contributed by atoms with Crippen LogP contribution in [0.15, 0.2) is 29.2 Å². The molecule has 2 heterocycles. The number of nitrogens with zero attached hydrogens (tertiary/aromatic N) is 1. The predicted molar refractivity (Wildman–Crippen MR) is 139 cm³/mol. The summed E-state index contributed by atoms with van der Waals surface area (Å²) in [5.74, 6) is -0.926. The molecule has 10 heteroatoms. The normalized spacial score (nSPS) is 16.6. The van der Waals surface area contributed by atoms with Crippen molar-refractivity contribution in [3.05, 3.63) is 45.8 Å². The van der Waals surface area contributed by atoms with E-state index >= 15 is 0 Å². The maximum Gasteiger partial charge on any atom is 0.341 e. The highest BCUT2D eigenvalue weighted by atomic mass is 32.2. The number of carbonyl (C=O) groups is 2. The van der Waals surface area contributed by atoms with Crippen molar-refractivity contribution in [1.82, 2.24) is 9.62 Å². The number of thiophene rings is 1. The lowest BCUT2D eigenvalue weighted by Gasteiger charge is -2.42. The molecule has 2 N–H and O–H groups in total. The van der Waals surface area contributed by atoms with E-state index in [0.29, 0.717) is 29.1 Å². The van der Waals surface area contributed by atoms with E-state index in [-0.39, 0.29) is 10.4 Å². The standard InChI is InChI=1S/C25H35N3O5S2/c1-8-9-14-28(6)35(31,32)17-12-10-16(11-13-17)21(29)26-22-19(23(30)33-7)18-15-24(2,3)27-25(4,5)20(18)34-22/h10-13,27H,8-9,14-15H2,1-7H3,(H,26,29). The second-order valence-electron chi connectivity index (χ2n) is 10.1. The third-order valence-corrected chi connectivity index (χ3v) is 9.45. The average Bonchev–Trinajstić information content (AvgIpc) is 3.13. The fourth-order valence-electron chi connectivity index (χ4n) is 4.57. The first-order valence-electron chi connectivity index (χ1n) is 11.6. The van der Waals surface area contributed by atoms with E-state index in [9.17, 15) is 18.0 Å². The number of amides is 1. The Hall–Kier alpha value is -2.27. The molecule has 0 bridgehead atoms. The van der Waals surface area contributed by atoms with Gasteiger partial charge in [-0.2, -0.15) is 0 Å². The first kappa shape index (κ1) is 27.3. The average molecular weight is 522 g/mol. The lowest BCUT2D eigenvalue weighted by molar-refractivity contribution is 0.0600. The quantitative estimate of drug-likeness (QED) is 0.500. The highest BCUT2D eigenvalue weighted by molar-refractivity contribution is 7.89. The van der Waals surface area contributed by atoms with Crippen molar-refractivity contribution in [3.8, 4) is 0 Å². The number of rotatable bonds is 8. The molecule has 1 aromatic heterocycles. The molecule has 0 fully saturated rings. The highest BCUT2D eigenvalue weighted by Crippen LogP contribution is 2.45. The molecule has 3 rings (SSSR count). The molecule has 2 aromatic rings. The maximum atomic E-state index is 13.1. The molecule has 0 aliphatic carbocycles. The van der Waals surface area contributed by atoms with Gasteiger partial charge in [-0.05, 0) is 70.4 Å². The van der Waals surface area contributed by atoms with Crippen LogP contribution < -0.4 is 10.6 Å². The van der Waals surface area contributed by atoms with Crippen LogP contribution in [0.3, 0.4) is 0 Å². The van der Waals surface area contributed by atoms with E-state index in [1.807, 2.05) is 20.8 Å². The van der Waals surface area contributed by atoms with E-state index in [2.05, 4.69) is 24.5 Å². The van der Waals surface area contributed by atoms with Crippen molar-refractivity contribution >= 4 is 38.2 Å². The smallest absolute Gasteiger partial charge is 0.341 e. The Morgan fingerprint density at radius 2 is 1.80 bits per heavy atom. The second kappa shape index (κ2) is 10.0. The van der Waals surface area contributed by atoms with Crippen LogP contribution in [0.25, 0.3) is 0 Å². The van der Waals surface area contributed by atoms with Gasteiger partial charge in [0.15, 0.2) is 0 Å². The summed E-state index contributed by atoms with van der Waals surface area (Å²) in [5.41, 5.74) is 0.906. The molecule has 0 unspecified atom stereocenters. The molecule has 1 amide bonds. The van der Waals surface area contributed by atoms with Gasteiger partial charge in [0.2, 0.25) is 10.0 Å². The van der Waals surface area contributed by atoms with Crippen molar-refractivity contribution in [1.29, 1.82) is 0 Å². The number of methoxy groups -OCH3 is 1. The zero-order valence-electron chi connectivity index (χ0n) is 21.4. The number of sulfonamides is 1. The van der Waals surface area contributed by atoms with Gasteiger partial charge in [-0.1, -0.05) is 13.3 Å². The maximum absolute atomic E-state index is 13.1. The Balaban J connectivity index is 1.91. The summed E-state index contributed by atoms with van der Waals surface area (Å²) in [6.07, 6.45) is 2.27. The van der Waals surface area contributed by atoms with Crippen molar-refractivity contribution in [2.24, 2.45) is 0 Å². The molecule has 192 valence electrons. The van der Waals surface area contributed by atoms with Crippen LogP contribution in [0.1, 0.15) is 78.6 Å². The largest absolute Gasteiger partial charge is 0.465 e. The van der Waals surface area contributed by atoms with Gasteiger partial charge in [-0.15, -0.1) is 11.3 Å². The Kier molecular flexibility index (Phi) is 7.81. The van der Waals surface area contributed by atoms with Crippen LogP contribution in [0.2, 0.25) is 0 Å². The Bertz CT molecular complexity index is 1210. The molecule has 0 radical (unpaired) electrons. The molecular formula is C25H35N3O5S2. The second-order valence-corrected chi connectivity index (χ2v) is 13.1. The van der Waals surface area contributed by atoms with Crippen molar-refractivity contribution in [2.75, 3.05) is 26.0 Å².